The van der Waals surface area contributed by atoms with Gasteiger partial charge >= 0.3 is 0 Å². The molecule has 0 aromatic carbocycles. The Morgan fingerprint density at radius 2 is 2.20 bits per heavy atom. The topological polar surface area (TPSA) is 57.3 Å². The van der Waals surface area contributed by atoms with Crippen molar-refractivity contribution < 1.29 is 4.79 Å². The summed E-state index contributed by atoms with van der Waals surface area (Å²) in [6, 6.07) is 4.19. The van der Waals surface area contributed by atoms with E-state index in [1.165, 1.54) is 25.7 Å². The average molecular weight is 276 g/mol. The van der Waals surface area contributed by atoms with Gasteiger partial charge in [-0.1, -0.05) is 12.8 Å². The van der Waals surface area contributed by atoms with Crippen molar-refractivity contribution in [2.75, 3.05) is 32.5 Å². The van der Waals surface area contributed by atoms with E-state index in [9.17, 15) is 4.79 Å². The second kappa shape index (κ2) is 7.24. The zero-order valence-electron chi connectivity index (χ0n) is 12.4. The Labute approximate surface area is 120 Å². The van der Waals surface area contributed by atoms with Gasteiger partial charge in [0.25, 0.3) is 5.91 Å². The van der Waals surface area contributed by atoms with E-state index < -0.39 is 0 Å². The Morgan fingerprint density at radius 1 is 1.45 bits per heavy atom. The van der Waals surface area contributed by atoms with Crippen LogP contribution in [0.1, 0.15) is 36.0 Å². The lowest BCUT2D eigenvalue weighted by atomic mass is 10.2. The lowest BCUT2D eigenvalue weighted by molar-refractivity contribution is 0.0947. The molecule has 2 rings (SSSR count). The second-order valence-electron chi connectivity index (χ2n) is 5.35. The SMILES string of the molecule is CNc1cc(C(=O)NCCN(C)C2CCCC2)ccn1. The van der Waals surface area contributed by atoms with Crippen molar-refractivity contribution >= 4 is 11.7 Å². The van der Waals surface area contributed by atoms with Gasteiger partial charge in [-0.25, -0.2) is 4.98 Å². The monoisotopic (exact) mass is 276 g/mol. The maximum atomic E-state index is 12.0. The first kappa shape index (κ1) is 14.8. The highest BCUT2D eigenvalue weighted by Crippen LogP contribution is 2.21. The molecule has 1 aliphatic carbocycles. The van der Waals surface area contributed by atoms with E-state index in [1.54, 1.807) is 25.4 Å². The van der Waals surface area contributed by atoms with Crippen LogP contribution in [0, 0.1) is 0 Å². The van der Waals surface area contributed by atoms with Crippen LogP contribution in [0.3, 0.4) is 0 Å². The number of amides is 1. The van der Waals surface area contributed by atoms with E-state index in [-0.39, 0.29) is 5.91 Å². The van der Waals surface area contributed by atoms with Crippen LogP contribution >= 0.6 is 0 Å². The zero-order chi connectivity index (χ0) is 14.4. The molecule has 5 nitrogen and oxygen atoms in total. The summed E-state index contributed by atoms with van der Waals surface area (Å²) >= 11 is 0. The average Bonchev–Trinajstić information content (AvgIpc) is 3.01. The van der Waals surface area contributed by atoms with Crippen LogP contribution in [0.2, 0.25) is 0 Å². The highest BCUT2D eigenvalue weighted by molar-refractivity contribution is 5.94. The molecular weight excluding hydrogens is 252 g/mol. The molecular formula is C15H24N4O. The highest BCUT2D eigenvalue weighted by Gasteiger charge is 2.19. The van der Waals surface area contributed by atoms with Gasteiger partial charge in [-0.3, -0.25) is 4.79 Å². The minimum absolute atomic E-state index is 0.0382. The number of hydrogen-bond acceptors (Lipinski definition) is 4. The van der Waals surface area contributed by atoms with E-state index >= 15 is 0 Å². The molecule has 0 atom stereocenters. The molecule has 1 aliphatic rings. The molecule has 1 aromatic heterocycles. The van der Waals surface area contributed by atoms with Gasteiger partial charge in [-0.05, 0) is 32.0 Å². The molecule has 110 valence electrons. The van der Waals surface area contributed by atoms with Crippen molar-refractivity contribution in [1.29, 1.82) is 0 Å². The zero-order valence-corrected chi connectivity index (χ0v) is 12.4. The van der Waals surface area contributed by atoms with Crippen LogP contribution in [0.15, 0.2) is 18.3 Å². The fourth-order valence-corrected chi connectivity index (χ4v) is 2.68. The summed E-state index contributed by atoms with van der Waals surface area (Å²) in [4.78, 5) is 18.5. The number of nitrogens with zero attached hydrogens (tertiary/aromatic N) is 2. The Balaban J connectivity index is 1.76. The van der Waals surface area contributed by atoms with Crippen LogP contribution in [0.5, 0.6) is 0 Å². The van der Waals surface area contributed by atoms with E-state index in [4.69, 9.17) is 0 Å². The Bertz CT molecular complexity index is 443. The van der Waals surface area contributed by atoms with Crippen LogP contribution in [0.25, 0.3) is 0 Å². The molecule has 1 heterocycles. The lowest BCUT2D eigenvalue weighted by Gasteiger charge is -2.23. The molecule has 0 bridgehead atoms. The van der Waals surface area contributed by atoms with Crippen molar-refractivity contribution in [3.8, 4) is 0 Å². The summed E-state index contributed by atoms with van der Waals surface area (Å²) in [5.41, 5.74) is 0.646. The first-order chi connectivity index (χ1) is 9.70. The number of carbonyl (C=O) groups excluding carboxylic acids is 1. The standard InChI is InChI=1S/C15H24N4O/c1-16-14-11-12(7-8-17-14)15(20)18-9-10-19(2)13-5-3-4-6-13/h7-8,11,13H,3-6,9-10H2,1-2H3,(H,16,17)(H,18,20). The summed E-state index contributed by atoms with van der Waals surface area (Å²) in [5, 5.41) is 5.90. The molecule has 0 aliphatic heterocycles. The van der Waals surface area contributed by atoms with Crippen LogP contribution < -0.4 is 10.6 Å². The molecule has 0 spiro atoms. The van der Waals surface area contributed by atoms with E-state index in [0.717, 1.165) is 6.54 Å². The molecule has 1 fully saturated rings. The van der Waals surface area contributed by atoms with Gasteiger partial charge in [-0.2, -0.15) is 0 Å². The number of nitrogens with one attached hydrogen (secondary N) is 2. The number of carbonyl (C=O) groups is 1. The smallest absolute Gasteiger partial charge is 0.251 e. The number of hydrogen-bond donors (Lipinski definition) is 2. The Morgan fingerprint density at radius 3 is 2.90 bits per heavy atom. The van der Waals surface area contributed by atoms with Crippen molar-refractivity contribution in [3.63, 3.8) is 0 Å². The third-order valence-corrected chi connectivity index (χ3v) is 3.98. The van der Waals surface area contributed by atoms with Crippen LogP contribution in [0.4, 0.5) is 5.82 Å². The second-order valence-corrected chi connectivity index (χ2v) is 5.35. The van der Waals surface area contributed by atoms with Crippen molar-refractivity contribution in [2.24, 2.45) is 0 Å². The molecule has 2 N–H and O–H groups in total. The summed E-state index contributed by atoms with van der Waals surface area (Å²) in [6.07, 6.45) is 6.91. The fourth-order valence-electron chi connectivity index (χ4n) is 2.68. The van der Waals surface area contributed by atoms with Gasteiger partial charge in [0.15, 0.2) is 0 Å². The summed E-state index contributed by atoms with van der Waals surface area (Å²) in [5.74, 6) is 0.671. The maximum Gasteiger partial charge on any atom is 0.251 e. The number of aromatic nitrogens is 1. The predicted molar refractivity (Wildman–Crippen MR) is 81.0 cm³/mol. The lowest BCUT2D eigenvalue weighted by Crippen LogP contribution is -2.37. The Kier molecular flexibility index (Phi) is 5.35. The molecule has 0 radical (unpaired) electrons. The van der Waals surface area contributed by atoms with Gasteiger partial charge in [-0.15, -0.1) is 0 Å². The predicted octanol–water partition coefficient (Wildman–Crippen LogP) is 1.73. The quantitative estimate of drug-likeness (QED) is 0.831. The van der Waals surface area contributed by atoms with E-state index in [1.807, 2.05) is 0 Å². The fraction of sp³-hybridized carbons (Fsp3) is 0.600. The minimum atomic E-state index is -0.0382. The van der Waals surface area contributed by atoms with Gasteiger partial charge in [0.2, 0.25) is 0 Å². The molecule has 1 aromatic rings. The molecule has 1 saturated carbocycles. The third-order valence-electron chi connectivity index (χ3n) is 3.98. The van der Waals surface area contributed by atoms with Crippen molar-refractivity contribution in [3.05, 3.63) is 23.9 Å². The highest BCUT2D eigenvalue weighted by atomic mass is 16.1. The van der Waals surface area contributed by atoms with Crippen molar-refractivity contribution in [1.82, 2.24) is 15.2 Å². The first-order valence-electron chi connectivity index (χ1n) is 7.33. The molecule has 1 amide bonds. The van der Waals surface area contributed by atoms with Gasteiger partial charge < -0.3 is 15.5 Å². The number of rotatable bonds is 6. The summed E-state index contributed by atoms with van der Waals surface area (Å²) in [7, 11) is 3.94. The first-order valence-corrected chi connectivity index (χ1v) is 7.33. The largest absolute Gasteiger partial charge is 0.373 e. The minimum Gasteiger partial charge on any atom is -0.373 e. The van der Waals surface area contributed by atoms with E-state index in [2.05, 4.69) is 27.6 Å². The van der Waals surface area contributed by atoms with Crippen LogP contribution in [-0.4, -0.2) is 49.0 Å². The Hall–Kier alpha value is -1.62. The number of likely N-dealkylation sites (N-methyl/N-ethyl adjacent to an activating group) is 1. The maximum absolute atomic E-state index is 12.0. The third kappa shape index (κ3) is 3.93. The number of anilines is 1. The molecule has 0 saturated heterocycles. The molecule has 20 heavy (non-hydrogen) atoms. The van der Waals surface area contributed by atoms with Crippen LogP contribution in [-0.2, 0) is 0 Å². The van der Waals surface area contributed by atoms with E-state index in [0.29, 0.717) is 24.0 Å². The molecule has 0 unspecified atom stereocenters. The summed E-state index contributed by atoms with van der Waals surface area (Å²) in [6.45, 7) is 1.59. The van der Waals surface area contributed by atoms with Gasteiger partial charge in [0.1, 0.15) is 5.82 Å². The normalized spacial score (nSPS) is 15.6. The van der Waals surface area contributed by atoms with Gasteiger partial charge in [0.05, 0.1) is 0 Å². The van der Waals surface area contributed by atoms with Gasteiger partial charge in [0, 0.05) is 37.9 Å². The van der Waals surface area contributed by atoms with Crippen molar-refractivity contribution in [2.45, 2.75) is 31.7 Å². The summed E-state index contributed by atoms with van der Waals surface area (Å²) < 4.78 is 0. The molecule has 5 heteroatoms. The number of pyridine rings is 1.